The zero-order chi connectivity index (χ0) is 15.0. The molecular weight excluding hydrogens is 328 g/mol. The second-order valence-electron chi connectivity index (χ2n) is 5.02. The number of thiophene rings is 1. The van der Waals surface area contributed by atoms with Crippen molar-refractivity contribution in [2.75, 3.05) is 4.72 Å². The predicted molar refractivity (Wildman–Crippen MR) is 84.4 cm³/mol. The van der Waals surface area contributed by atoms with Crippen LogP contribution in [0.15, 0.2) is 11.0 Å². The Morgan fingerprint density at radius 1 is 1.29 bits per heavy atom. The Kier molecular flexibility index (Phi) is 4.00. The molecule has 9 heteroatoms. The topological polar surface area (TPSA) is 84.0 Å². The summed E-state index contributed by atoms with van der Waals surface area (Å²) >= 11 is 2.74. The van der Waals surface area contributed by atoms with Gasteiger partial charge in [-0.3, -0.25) is 4.72 Å². The Labute approximate surface area is 131 Å². The molecule has 1 aliphatic rings. The quantitative estimate of drug-likeness (QED) is 0.840. The van der Waals surface area contributed by atoms with E-state index in [1.54, 1.807) is 13.0 Å². The maximum absolute atomic E-state index is 12.4. The molecule has 2 heterocycles. The van der Waals surface area contributed by atoms with Gasteiger partial charge < -0.3 is 5.32 Å². The molecular formula is C12H16N4O2S3. The number of aromatic nitrogens is 2. The molecule has 0 spiro atoms. The summed E-state index contributed by atoms with van der Waals surface area (Å²) in [6.07, 6.45) is 2.43. The lowest BCUT2D eigenvalue weighted by Crippen LogP contribution is -2.15. The van der Waals surface area contributed by atoms with Gasteiger partial charge in [0.1, 0.15) is 9.90 Å². The smallest absolute Gasteiger partial charge is 0.264 e. The fourth-order valence-corrected chi connectivity index (χ4v) is 5.33. The summed E-state index contributed by atoms with van der Waals surface area (Å²) in [5.41, 5.74) is 0. The average Bonchev–Trinajstić information content (AvgIpc) is 3.03. The highest BCUT2D eigenvalue weighted by Crippen LogP contribution is 2.29. The van der Waals surface area contributed by atoms with Crippen molar-refractivity contribution in [2.45, 2.75) is 44.2 Å². The Hall–Kier alpha value is -1.03. The maximum atomic E-state index is 12.4. The van der Waals surface area contributed by atoms with Crippen molar-refractivity contribution < 1.29 is 8.42 Å². The van der Waals surface area contributed by atoms with Gasteiger partial charge in [0.2, 0.25) is 5.13 Å². The number of hydrogen-bond acceptors (Lipinski definition) is 7. The van der Waals surface area contributed by atoms with Crippen molar-refractivity contribution in [1.29, 1.82) is 0 Å². The molecule has 1 aliphatic carbocycles. The van der Waals surface area contributed by atoms with E-state index in [2.05, 4.69) is 20.2 Å². The van der Waals surface area contributed by atoms with Crippen LogP contribution in [-0.4, -0.2) is 24.7 Å². The standard InChI is InChI=1S/C12H16N4O2S3/c1-7-11(5-10(19-7)6-13-9-3-4-9)21(17,18)16-12-15-14-8(2)20-12/h5,9,13H,3-4,6H2,1-2H3,(H,15,16). The first-order valence-corrected chi connectivity index (χ1v) is 9.71. The normalized spacial score (nSPS) is 15.3. The third-order valence-electron chi connectivity index (χ3n) is 3.10. The van der Waals surface area contributed by atoms with Gasteiger partial charge in [0.15, 0.2) is 0 Å². The molecule has 1 saturated carbocycles. The van der Waals surface area contributed by atoms with E-state index in [0.29, 0.717) is 16.1 Å². The van der Waals surface area contributed by atoms with Crippen LogP contribution in [0, 0.1) is 13.8 Å². The molecule has 2 aromatic heterocycles. The molecule has 1 fully saturated rings. The largest absolute Gasteiger partial charge is 0.309 e. The van der Waals surface area contributed by atoms with Crippen LogP contribution in [0.1, 0.15) is 27.6 Å². The summed E-state index contributed by atoms with van der Waals surface area (Å²) in [7, 11) is -3.59. The lowest BCUT2D eigenvalue weighted by atomic mass is 10.4. The summed E-state index contributed by atoms with van der Waals surface area (Å²) in [5, 5.41) is 12.0. The van der Waals surface area contributed by atoms with Gasteiger partial charge in [0, 0.05) is 22.3 Å². The van der Waals surface area contributed by atoms with Gasteiger partial charge in [-0.15, -0.1) is 21.5 Å². The van der Waals surface area contributed by atoms with E-state index in [1.165, 1.54) is 35.5 Å². The van der Waals surface area contributed by atoms with E-state index in [9.17, 15) is 8.42 Å². The second-order valence-corrected chi connectivity index (χ2v) is 9.19. The van der Waals surface area contributed by atoms with E-state index in [4.69, 9.17) is 0 Å². The minimum absolute atomic E-state index is 0.302. The fourth-order valence-electron chi connectivity index (χ4n) is 1.92. The highest BCUT2D eigenvalue weighted by Gasteiger charge is 2.23. The molecule has 0 unspecified atom stereocenters. The lowest BCUT2D eigenvalue weighted by Gasteiger charge is -2.03. The monoisotopic (exact) mass is 344 g/mol. The SMILES string of the molecule is Cc1nnc(NS(=O)(=O)c2cc(CNC3CC3)sc2C)s1. The van der Waals surface area contributed by atoms with E-state index < -0.39 is 10.0 Å². The van der Waals surface area contributed by atoms with Crippen LogP contribution >= 0.6 is 22.7 Å². The van der Waals surface area contributed by atoms with Gasteiger partial charge >= 0.3 is 0 Å². The van der Waals surface area contributed by atoms with Crippen molar-refractivity contribution >= 4 is 37.8 Å². The Bertz CT molecular complexity index is 746. The molecule has 0 amide bonds. The average molecular weight is 344 g/mol. The van der Waals surface area contributed by atoms with Crippen LogP contribution in [0.4, 0.5) is 5.13 Å². The number of aryl methyl sites for hydroxylation is 2. The van der Waals surface area contributed by atoms with Crippen molar-refractivity contribution in [3.05, 3.63) is 20.8 Å². The molecule has 2 N–H and O–H groups in total. The van der Waals surface area contributed by atoms with Crippen LogP contribution in [-0.2, 0) is 16.6 Å². The Morgan fingerprint density at radius 3 is 2.67 bits per heavy atom. The van der Waals surface area contributed by atoms with Crippen LogP contribution in [0.5, 0.6) is 0 Å². The molecule has 0 radical (unpaired) electrons. The first kappa shape index (κ1) is 14.9. The Balaban J connectivity index is 1.77. The van der Waals surface area contributed by atoms with E-state index in [1.807, 2.05) is 6.92 Å². The number of nitrogens with one attached hydrogen (secondary N) is 2. The summed E-state index contributed by atoms with van der Waals surface area (Å²) in [4.78, 5) is 2.15. The number of anilines is 1. The second kappa shape index (κ2) is 5.64. The maximum Gasteiger partial charge on any atom is 0.264 e. The fraction of sp³-hybridized carbons (Fsp3) is 0.500. The van der Waals surface area contributed by atoms with Crippen molar-refractivity contribution in [1.82, 2.24) is 15.5 Å². The predicted octanol–water partition coefficient (Wildman–Crippen LogP) is 2.27. The highest BCUT2D eigenvalue weighted by atomic mass is 32.2. The summed E-state index contributed by atoms with van der Waals surface area (Å²) in [6.45, 7) is 4.34. The van der Waals surface area contributed by atoms with Crippen molar-refractivity contribution in [2.24, 2.45) is 0 Å². The molecule has 3 rings (SSSR count). The van der Waals surface area contributed by atoms with Crippen LogP contribution in [0.3, 0.4) is 0 Å². The number of sulfonamides is 1. The zero-order valence-corrected chi connectivity index (χ0v) is 14.2. The third kappa shape index (κ3) is 3.60. The van der Waals surface area contributed by atoms with Crippen molar-refractivity contribution in [3.63, 3.8) is 0 Å². The molecule has 21 heavy (non-hydrogen) atoms. The van der Waals surface area contributed by atoms with Gasteiger partial charge in [-0.05, 0) is 32.8 Å². The van der Waals surface area contributed by atoms with Gasteiger partial charge in [-0.25, -0.2) is 8.42 Å². The van der Waals surface area contributed by atoms with Gasteiger partial charge in [-0.1, -0.05) is 11.3 Å². The molecule has 0 bridgehead atoms. The van der Waals surface area contributed by atoms with Crippen molar-refractivity contribution in [3.8, 4) is 0 Å². The van der Waals surface area contributed by atoms with Gasteiger partial charge in [0.25, 0.3) is 10.0 Å². The zero-order valence-electron chi connectivity index (χ0n) is 11.7. The third-order valence-corrected chi connectivity index (χ3v) is 6.63. The van der Waals surface area contributed by atoms with E-state index in [-0.39, 0.29) is 0 Å². The number of rotatable bonds is 6. The Morgan fingerprint density at radius 2 is 2.05 bits per heavy atom. The highest BCUT2D eigenvalue weighted by molar-refractivity contribution is 7.93. The van der Waals surface area contributed by atoms with Gasteiger partial charge in [0.05, 0.1) is 0 Å². The number of nitrogens with zero attached hydrogens (tertiary/aromatic N) is 2. The molecule has 0 aromatic carbocycles. The molecule has 0 saturated heterocycles. The van der Waals surface area contributed by atoms with Crippen LogP contribution < -0.4 is 10.0 Å². The van der Waals surface area contributed by atoms with E-state index >= 15 is 0 Å². The summed E-state index contributed by atoms with van der Waals surface area (Å²) in [6, 6.07) is 2.35. The van der Waals surface area contributed by atoms with Crippen LogP contribution in [0.2, 0.25) is 0 Å². The molecule has 0 aliphatic heterocycles. The first-order valence-electron chi connectivity index (χ1n) is 6.59. The summed E-state index contributed by atoms with van der Waals surface area (Å²) in [5.74, 6) is 0. The lowest BCUT2D eigenvalue weighted by molar-refractivity contribution is 0.601. The molecule has 0 atom stereocenters. The van der Waals surface area contributed by atoms with Gasteiger partial charge in [-0.2, -0.15) is 0 Å². The minimum Gasteiger partial charge on any atom is -0.309 e. The molecule has 6 nitrogen and oxygen atoms in total. The molecule has 114 valence electrons. The van der Waals surface area contributed by atoms with E-state index in [0.717, 1.165) is 21.3 Å². The first-order chi connectivity index (χ1) is 9.94. The molecule has 2 aromatic rings. The number of hydrogen-bond donors (Lipinski definition) is 2. The van der Waals surface area contributed by atoms with Crippen LogP contribution in [0.25, 0.3) is 0 Å². The summed E-state index contributed by atoms with van der Waals surface area (Å²) < 4.78 is 27.3. The minimum atomic E-state index is -3.59.